The van der Waals surface area contributed by atoms with E-state index < -0.39 is 0 Å². The van der Waals surface area contributed by atoms with E-state index in [4.69, 9.17) is 0 Å². The summed E-state index contributed by atoms with van der Waals surface area (Å²) >= 11 is 0. The van der Waals surface area contributed by atoms with Gasteiger partial charge in [0.05, 0.1) is 12.5 Å². The Morgan fingerprint density at radius 3 is 2.63 bits per heavy atom. The second-order valence-electron chi connectivity index (χ2n) is 5.31. The van der Waals surface area contributed by atoms with Crippen molar-refractivity contribution in [2.24, 2.45) is 5.92 Å². The van der Waals surface area contributed by atoms with E-state index in [0.29, 0.717) is 12.5 Å². The Morgan fingerprint density at radius 1 is 1.21 bits per heavy atom. The number of hydrogen-bond acceptors (Lipinski definition) is 3. The van der Waals surface area contributed by atoms with Crippen molar-refractivity contribution in [3.8, 4) is 0 Å². The molecular weight excluding hydrogens is 266 g/mol. The fraction of sp³-hybridized carbons (Fsp3) is 0.846. The van der Waals surface area contributed by atoms with Crippen molar-refractivity contribution in [2.45, 2.75) is 44.6 Å². The maximum absolute atomic E-state index is 11.8. The van der Waals surface area contributed by atoms with Crippen LogP contribution in [0.2, 0.25) is 0 Å². The molecule has 0 aromatic rings. The highest BCUT2D eigenvalue weighted by Crippen LogP contribution is 2.22. The minimum absolute atomic E-state index is 0. The highest BCUT2D eigenvalue weighted by Gasteiger charge is 2.24. The molecule has 0 radical (unpaired) electrons. The first-order valence-corrected chi connectivity index (χ1v) is 7.03. The van der Waals surface area contributed by atoms with Crippen LogP contribution in [0.5, 0.6) is 0 Å². The molecule has 6 heteroatoms. The first-order valence-electron chi connectivity index (χ1n) is 7.03. The molecule has 110 valence electrons. The summed E-state index contributed by atoms with van der Waals surface area (Å²) in [5.41, 5.74) is 0. The molecule has 2 fully saturated rings. The third-order valence-electron chi connectivity index (χ3n) is 3.83. The molecule has 0 spiro atoms. The molecule has 0 bridgehead atoms. The maximum atomic E-state index is 11.8. The molecule has 2 rings (SSSR count). The van der Waals surface area contributed by atoms with Gasteiger partial charge in [0.15, 0.2) is 0 Å². The van der Waals surface area contributed by atoms with Crippen molar-refractivity contribution in [1.29, 1.82) is 0 Å². The zero-order valence-electron chi connectivity index (χ0n) is 11.2. The van der Waals surface area contributed by atoms with Crippen molar-refractivity contribution >= 4 is 24.2 Å². The zero-order chi connectivity index (χ0) is 12.8. The topological polar surface area (TPSA) is 70.2 Å². The van der Waals surface area contributed by atoms with Crippen molar-refractivity contribution in [2.75, 3.05) is 19.6 Å². The lowest BCUT2D eigenvalue weighted by atomic mass is 9.89. The Morgan fingerprint density at radius 2 is 1.95 bits per heavy atom. The van der Waals surface area contributed by atoms with Gasteiger partial charge < -0.3 is 16.0 Å². The number of halogens is 1. The van der Waals surface area contributed by atoms with Crippen LogP contribution in [0.4, 0.5) is 0 Å². The van der Waals surface area contributed by atoms with Crippen LogP contribution in [0.3, 0.4) is 0 Å². The Labute approximate surface area is 120 Å². The van der Waals surface area contributed by atoms with E-state index in [9.17, 15) is 9.59 Å². The summed E-state index contributed by atoms with van der Waals surface area (Å²) in [6, 6.07) is -0.356. The quantitative estimate of drug-likeness (QED) is 0.709. The third-order valence-corrected chi connectivity index (χ3v) is 3.83. The molecule has 5 nitrogen and oxygen atoms in total. The molecule has 2 aliphatic rings. The van der Waals surface area contributed by atoms with Gasteiger partial charge in [0.1, 0.15) is 0 Å². The average Bonchev–Trinajstić information content (AvgIpc) is 2.40. The fourth-order valence-electron chi connectivity index (χ4n) is 2.72. The van der Waals surface area contributed by atoms with Gasteiger partial charge >= 0.3 is 0 Å². The van der Waals surface area contributed by atoms with Gasteiger partial charge in [0.2, 0.25) is 11.8 Å². The molecule has 1 atom stereocenters. The molecular formula is C13H24ClN3O2. The highest BCUT2D eigenvalue weighted by molar-refractivity contribution is 5.88. The van der Waals surface area contributed by atoms with Crippen LogP contribution in [-0.2, 0) is 9.59 Å². The Hall–Kier alpha value is -0.810. The lowest BCUT2D eigenvalue weighted by molar-refractivity contribution is -0.129. The van der Waals surface area contributed by atoms with E-state index >= 15 is 0 Å². The molecule has 1 aliphatic carbocycles. The largest absolute Gasteiger partial charge is 0.356 e. The lowest BCUT2D eigenvalue weighted by Gasteiger charge is -2.24. The second kappa shape index (κ2) is 8.38. The van der Waals surface area contributed by atoms with Gasteiger partial charge in [-0.25, -0.2) is 0 Å². The highest BCUT2D eigenvalue weighted by atomic mass is 35.5. The van der Waals surface area contributed by atoms with Crippen molar-refractivity contribution < 1.29 is 9.59 Å². The smallest absolute Gasteiger partial charge is 0.237 e. The zero-order valence-corrected chi connectivity index (χ0v) is 12.1. The third kappa shape index (κ3) is 5.37. The minimum Gasteiger partial charge on any atom is -0.356 e. The van der Waals surface area contributed by atoms with Crippen molar-refractivity contribution in [3.05, 3.63) is 0 Å². The van der Waals surface area contributed by atoms with Gasteiger partial charge in [0, 0.05) is 19.6 Å². The summed E-state index contributed by atoms with van der Waals surface area (Å²) in [6.45, 7) is 2.17. The van der Waals surface area contributed by atoms with Gasteiger partial charge in [-0.15, -0.1) is 12.4 Å². The summed E-state index contributed by atoms with van der Waals surface area (Å²) in [5.74, 6) is 0.556. The van der Waals surface area contributed by atoms with Gasteiger partial charge in [-0.2, -0.15) is 0 Å². The van der Waals surface area contributed by atoms with Crippen molar-refractivity contribution in [1.82, 2.24) is 16.0 Å². The van der Waals surface area contributed by atoms with Gasteiger partial charge in [0.25, 0.3) is 0 Å². The minimum atomic E-state index is -0.356. The number of carbonyl (C=O) groups excluding carboxylic acids is 2. The van der Waals surface area contributed by atoms with Gasteiger partial charge in [-0.3, -0.25) is 9.59 Å². The summed E-state index contributed by atoms with van der Waals surface area (Å²) in [5, 5.41) is 8.79. The monoisotopic (exact) mass is 289 g/mol. The Kier molecular flexibility index (Phi) is 7.16. The van der Waals surface area contributed by atoms with Crippen LogP contribution in [0.1, 0.15) is 38.5 Å². The fourth-order valence-corrected chi connectivity index (χ4v) is 2.72. The molecule has 19 heavy (non-hydrogen) atoms. The van der Waals surface area contributed by atoms with Crippen LogP contribution in [-0.4, -0.2) is 37.5 Å². The predicted molar refractivity (Wildman–Crippen MR) is 76.3 cm³/mol. The number of amides is 2. The number of carbonyl (C=O) groups is 2. The molecule has 1 saturated heterocycles. The van der Waals surface area contributed by atoms with Gasteiger partial charge in [-0.1, -0.05) is 19.3 Å². The van der Waals surface area contributed by atoms with E-state index in [-0.39, 0.29) is 36.7 Å². The first kappa shape index (κ1) is 16.2. The number of rotatable bonds is 4. The summed E-state index contributed by atoms with van der Waals surface area (Å²) < 4.78 is 0. The molecule has 0 aromatic carbocycles. The van der Waals surface area contributed by atoms with E-state index in [1.807, 2.05) is 0 Å². The van der Waals surface area contributed by atoms with Crippen LogP contribution >= 0.6 is 12.4 Å². The number of hydrogen-bond donors (Lipinski definition) is 3. The Balaban J connectivity index is 0.00000180. The summed E-state index contributed by atoms with van der Waals surface area (Å²) in [7, 11) is 0. The summed E-state index contributed by atoms with van der Waals surface area (Å²) in [4.78, 5) is 23.3. The second-order valence-corrected chi connectivity index (χ2v) is 5.31. The lowest BCUT2D eigenvalue weighted by Crippen LogP contribution is -2.54. The van der Waals surface area contributed by atoms with E-state index in [2.05, 4.69) is 16.0 Å². The molecule has 1 aliphatic heterocycles. The van der Waals surface area contributed by atoms with Crippen molar-refractivity contribution in [3.63, 3.8) is 0 Å². The standard InChI is InChI=1S/C13H23N3O2.ClH/c17-12(8-11-13(18)15-7-6-14-11)16-9-10-4-2-1-3-5-10;/h10-11,14H,1-9H2,(H,15,18)(H,16,17);1H. The number of nitrogens with one attached hydrogen (secondary N) is 3. The van der Waals surface area contributed by atoms with Crippen LogP contribution in [0.25, 0.3) is 0 Å². The molecule has 0 aromatic heterocycles. The molecule has 1 saturated carbocycles. The van der Waals surface area contributed by atoms with Crippen LogP contribution in [0.15, 0.2) is 0 Å². The SMILES string of the molecule is Cl.O=C(CC1NCCNC1=O)NCC1CCCCC1. The predicted octanol–water partition coefficient (Wildman–Crippen LogP) is 0.583. The molecule has 3 N–H and O–H groups in total. The first-order chi connectivity index (χ1) is 8.75. The van der Waals surface area contributed by atoms with E-state index in [1.165, 1.54) is 32.1 Å². The number of piperazine rings is 1. The van der Waals surface area contributed by atoms with Gasteiger partial charge in [-0.05, 0) is 18.8 Å². The van der Waals surface area contributed by atoms with E-state index in [1.54, 1.807) is 0 Å². The Bertz CT molecular complexity index is 306. The van der Waals surface area contributed by atoms with Crippen LogP contribution < -0.4 is 16.0 Å². The molecule has 1 unspecified atom stereocenters. The maximum Gasteiger partial charge on any atom is 0.237 e. The van der Waals surface area contributed by atoms with Crippen LogP contribution in [0, 0.1) is 5.92 Å². The average molecular weight is 290 g/mol. The summed E-state index contributed by atoms with van der Waals surface area (Å²) in [6.07, 6.45) is 6.60. The molecule has 1 heterocycles. The van der Waals surface area contributed by atoms with E-state index in [0.717, 1.165) is 13.1 Å². The molecule has 2 amide bonds. The normalized spacial score (nSPS) is 24.2.